The minimum Gasteiger partial charge on any atom is -0.372 e. The first-order valence-corrected chi connectivity index (χ1v) is 10.8. The molecule has 29 heavy (non-hydrogen) atoms. The van der Waals surface area contributed by atoms with E-state index in [4.69, 9.17) is 4.74 Å². The molecular weight excluding hydrogens is 382 g/mol. The zero-order valence-electron chi connectivity index (χ0n) is 17.3. The van der Waals surface area contributed by atoms with Crippen LogP contribution >= 0.6 is 11.3 Å². The van der Waals surface area contributed by atoms with Crippen molar-refractivity contribution in [3.8, 4) is 11.8 Å². The number of methoxy groups -OCH3 is 1. The molecule has 0 bridgehead atoms. The van der Waals surface area contributed by atoms with Crippen molar-refractivity contribution < 1.29 is 9.53 Å². The summed E-state index contributed by atoms with van der Waals surface area (Å²) >= 11 is 1.49. The van der Waals surface area contributed by atoms with Gasteiger partial charge in [0, 0.05) is 44.2 Å². The molecule has 4 rings (SSSR count). The number of anilines is 2. The highest BCUT2D eigenvalue weighted by atomic mass is 32.1. The lowest BCUT2D eigenvalue weighted by molar-refractivity contribution is 0.0985. The number of fused-ring (bicyclic) bond motifs is 1. The predicted molar refractivity (Wildman–Crippen MR) is 119 cm³/mol. The number of carbonyl (C=O) groups is 1. The van der Waals surface area contributed by atoms with E-state index in [-0.39, 0.29) is 5.91 Å². The molecule has 1 aromatic heterocycles. The number of ether oxygens (including phenoxy) is 1. The van der Waals surface area contributed by atoms with Gasteiger partial charge in [-0.2, -0.15) is 0 Å². The third-order valence-electron chi connectivity index (χ3n) is 5.70. The van der Waals surface area contributed by atoms with Gasteiger partial charge in [0.1, 0.15) is 6.61 Å². The summed E-state index contributed by atoms with van der Waals surface area (Å²) < 4.78 is 4.98. The maximum absolute atomic E-state index is 13.1. The highest BCUT2D eigenvalue weighted by molar-refractivity contribution is 7.14. The molecule has 0 saturated carbocycles. The van der Waals surface area contributed by atoms with E-state index in [0.717, 1.165) is 40.5 Å². The molecule has 1 atom stereocenters. The zero-order chi connectivity index (χ0) is 20.4. The molecule has 0 radical (unpaired) electrons. The molecule has 0 aliphatic carbocycles. The van der Waals surface area contributed by atoms with Crippen molar-refractivity contribution in [1.82, 2.24) is 4.90 Å². The molecule has 2 aliphatic heterocycles. The van der Waals surface area contributed by atoms with Gasteiger partial charge in [0.05, 0.1) is 9.75 Å². The van der Waals surface area contributed by atoms with Crippen molar-refractivity contribution in [2.75, 3.05) is 57.2 Å². The third-order valence-corrected chi connectivity index (χ3v) is 6.78. The average Bonchev–Trinajstić information content (AvgIpc) is 3.36. The second-order valence-electron chi connectivity index (χ2n) is 7.78. The van der Waals surface area contributed by atoms with Crippen molar-refractivity contribution in [3.05, 3.63) is 45.6 Å². The molecule has 5 nitrogen and oxygen atoms in total. The standard InChI is InChI=1S/C23H27N3O2S/c1-24(2)20-11-12-25(16-20)18-6-8-19(9-7-18)26-13-10-17-15-21(5-4-14-28-3)29-22(17)23(26)27/h6-9,15,20H,10-14,16H2,1-3H3/t20-/m1/s1. The van der Waals surface area contributed by atoms with Crippen LogP contribution in [0.2, 0.25) is 0 Å². The number of hydrogen-bond donors (Lipinski definition) is 0. The van der Waals surface area contributed by atoms with Gasteiger partial charge in [-0.25, -0.2) is 0 Å². The van der Waals surface area contributed by atoms with Gasteiger partial charge in [-0.3, -0.25) is 4.79 Å². The normalized spacial score (nSPS) is 18.8. The Labute approximate surface area is 176 Å². The van der Waals surface area contributed by atoms with Gasteiger partial charge in [-0.05, 0) is 62.8 Å². The number of amides is 1. The summed E-state index contributed by atoms with van der Waals surface area (Å²) in [6.07, 6.45) is 2.05. The fourth-order valence-electron chi connectivity index (χ4n) is 4.00. The molecule has 2 aliphatic rings. The number of thiophene rings is 1. The highest BCUT2D eigenvalue weighted by Crippen LogP contribution is 2.32. The summed E-state index contributed by atoms with van der Waals surface area (Å²) in [5.41, 5.74) is 3.31. The van der Waals surface area contributed by atoms with Crippen LogP contribution in [0.3, 0.4) is 0 Å². The van der Waals surface area contributed by atoms with E-state index in [1.807, 2.05) is 4.90 Å². The van der Waals surface area contributed by atoms with E-state index in [2.05, 4.69) is 66.1 Å². The summed E-state index contributed by atoms with van der Waals surface area (Å²) in [4.78, 5) is 21.4. The molecule has 6 heteroatoms. The van der Waals surface area contributed by atoms with Gasteiger partial charge in [0.25, 0.3) is 5.91 Å². The Bertz CT molecular complexity index is 939. The summed E-state index contributed by atoms with van der Waals surface area (Å²) in [5, 5.41) is 0. The molecule has 0 spiro atoms. The Hall–Kier alpha value is -2.33. The van der Waals surface area contributed by atoms with Crippen LogP contribution in [0.25, 0.3) is 0 Å². The number of hydrogen-bond acceptors (Lipinski definition) is 5. The summed E-state index contributed by atoms with van der Waals surface area (Å²) in [6, 6.07) is 11.1. The first-order valence-electron chi connectivity index (χ1n) is 10.0. The topological polar surface area (TPSA) is 36.0 Å². The van der Waals surface area contributed by atoms with Gasteiger partial charge >= 0.3 is 0 Å². The minimum atomic E-state index is 0.0811. The summed E-state index contributed by atoms with van der Waals surface area (Å²) in [7, 11) is 5.92. The van der Waals surface area contributed by atoms with E-state index in [9.17, 15) is 4.79 Å². The van der Waals surface area contributed by atoms with Crippen molar-refractivity contribution in [2.24, 2.45) is 0 Å². The first-order chi connectivity index (χ1) is 14.1. The van der Waals surface area contributed by atoms with Crippen LogP contribution in [0, 0.1) is 11.8 Å². The number of nitrogens with zero attached hydrogens (tertiary/aromatic N) is 3. The van der Waals surface area contributed by atoms with Crippen molar-refractivity contribution in [3.63, 3.8) is 0 Å². The highest BCUT2D eigenvalue weighted by Gasteiger charge is 2.28. The Morgan fingerprint density at radius 1 is 1.21 bits per heavy atom. The fraction of sp³-hybridized carbons (Fsp3) is 0.435. The van der Waals surface area contributed by atoms with E-state index in [0.29, 0.717) is 19.2 Å². The molecule has 1 amide bonds. The number of rotatable bonds is 4. The lowest BCUT2D eigenvalue weighted by Crippen LogP contribution is -2.36. The van der Waals surface area contributed by atoms with Crippen LogP contribution in [0.5, 0.6) is 0 Å². The summed E-state index contributed by atoms with van der Waals surface area (Å²) in [6.45, 7) is 3.25. The summed E-state index contributed by atoms with van der Waals surface area (Å²) in [5.74, 6) is 6.14. The largest absolute Gasteiger partial charge is 0.372 e. The molecule has 1 aromatic carbocycles. The molecule has 2 aromatic rings. The molecule has 3 heterocycles. The van der Waals surface area contributed by atoms with Gasteiger partial charge < -0.3 is 19.4 Å². The number of carbonyl (C=O) groups excluding carboxylic acids is 1. The first kappa shape index (κ1) is 20.0. The lowest BCUT2D eigenvalue weighted by Gasteiger charge is -2.27. The van der Waals surface area contributed by atoms with Crippen LogP contribution < -0.4 is 9.80 Å². The van der Waals surface area contributed by atoms with Gasteiger partial charge in [-0.1, -0.05) is 11.8 Å². The van der Waals surface area contributed by atoms with Crippen LogP contribution in [-0.4, -0.2) is 64.3 Å². The van der Waals surface area contributed by atoms with Gasteiger partial charge in [0.2, 0.25) is 0 Å². The van der Waals surface area contributed by atoms with Crippen LogP contribution in [0.15, 0.2) is 30.3 Å². The Balaban J connectivity index is 1.47. The third kappa shape index (κ3) is 4.18. The lowest BCUT2D eigenvalue weighted by atomic mass is 10.1. The number of likely N-dealkylation sites (N-methyl/N-ethyl adjacent to an activating group) is 1. The second kappa shape index (κ2) is 8.58. The Kier molecular flexibility index (Phi) is 5.91. The van der Waals surface area contributed by atoms with Crippen LogP contribution in [-0.2, 0) is 11.2 Å². The van der Waals surface area contributed by atoms with E-state index in [1.165, 1.54) is 23.4 Å². The van der Waals surface area contributed by atoms with Crippen molar-refractivity contribution in [1.29, 1.82) is 0 Å². The fourth-order valence-corrected chi connectivity index (χ4v) is 5.03. The molecular formula is C23H27N3O2S. The number of benzene rings is 1. The maximum Gasteiger partial charge on any atom is 0.268 e. The Morgan fingerprint density at radius 3 is 2.66 bits per heavy atom. The molecule has 0 unspecified atom stereocenters. The van der Waals surface area contributed by atoms with E-state index < -0.39 is 0 Å². The van der Waals surface area contributed by atoms with Crippen molar-refractivity contribution in [2.45, 2.75) is 18.9 Å². The van der Waals surface area contributed by atoms with Gasteiger partial charge in [0.15, 0.2) is 0 Å². The van der Waals surface area contributed by atoms with E-state index in [1.54, 1.807) is 7.11 Å². The molecule has 1 saturated heterocycles. The Morgan fingerprint density at radius 2 is 1.97 bits per heavy atom. The van der Waals surface area contributed by atoms with Gasteiger partial charge in [-0.15, -0.1) is 11.3 Å². The predicted octanol–water partition coefficient (Wildman–Crippen LogP) is 3.09. The molecule has 0 N–H and O–H groups in total. The maximum atomic E-state index is 13.1. The monoisotopic (exact) mass is 409 g/mol. The van der Waals surface area contributed by atoms with E-state index >= 15 is 0 Å². The molecule has 1 fully saturated rings. The minimum absolute atomic E-state index is 0.0811. The average molecular weight is 410 g/mol. The second-order valence-corrected chi connectivity index (χ2v) is 8.83. The molecule has 152 valence electrons. The smallest absolute Gasteiger partial charge is 0.268 e. The van der Waals surface area contributed by atoms with Crippen molar-refractivity contribution >= 4 is 28.6 Å². The van der Waals surface area contributed by atoms with Crippen LogP contribution in [0.1, 0.15) is 26.5 Å². The quantitative estimate of drug-likeness (QED) is 0.727. The van der Waals surface area contributed by atoms with Crippen LogP contribution in [0.4, 0.5) is 11.4 Å². The SMILES string of the molecule is COCC#Cc1cc2c(s1)C(=O)N(c1ccc(N3CC[C@@H](N(C)C)C3)cc1)CC2. The zero-order valence-corrected chi connectivity index (χ0v) is 18.1.